The lowest BCUT2D eigenvalue weighted by Gasteiger charge is -2.34. The standard InChI is InChI=1S/C31H30BrF3N6O3/c1-16-9-22(10-16)44-27-8-6-21(14-36-27)40-29(43)23-12-18(3)39(15-26(23)37-30(40)41-19(4)11-17(2)38-41)28(42)20-5-7-25(32)24(13-20)31(33,34)35/h5-8,11,13-14,16,18,22H,9-10,12,15H2,1-4H3/t16-,18-,22-/m1/s1. The van der Waals surface area contributed by atoms with Gasteiger partial charge >= 0.3 is 6.18 Å². The molecule has 2 aliphatic rings. The van der Waals surface area contributed by atoms with Crippen molar-refractivity contribution in [2.45, 2.75) is 71.8 Å². The van der Waals surface area contributed by atoms with Crippen molar-refractivity contribution in [3.63, 3.8) is 0 Å². The van der Waals surface area contributed by atoms with E-state index in [0.717, 1.165) is 30.3 Å². The summed E-state index contributed by atoms with van der Waals surface area (Å²) >= 11 is 2.93. The van der Waals surface area contributed by atoms with Crippen molar-refractivity contribution in [3.05, 3.63) is 91.2 Å². The van der Waals surface area contributed by atoms with Crippen molar-refractivity contribution < 1.29 is 22.7 Å². The molecule has 0 N–H and O–H groups in total. The number of halogens is 4. The fourth-order valence-corrected chi connectivity index (χ4v) is 6.31. The average molecular weight is 672 g/mol. The molecule has 44 heavy (non-hydrogen) atoms. The first-order valence-corrected chi connectivity index (χ1v) is 15.1. The van der Waals surface area contributed by atoms with Gasteiger partial charge in [0.1, 0.15) is 6.10 Å². The maximum atomic E-state index is 14.2. The van der Waals surface area contributed by atoms with Gasteiger partial charge in [0, 0.05) is 33.4 Å². The summed E-state index contributed by atoms with van der Waals surface area (Å²) in [6.45, 7) is 7.55. The van der Waals surface area contributed by atoms with Crippen LogP contribution in [0.4, 0.5) is 13.2 Å². The second-order valence-corrected chi connectivity index (χ2v) is 12.5. The first-order valence-electron chi connectivity index (χ1n) is 14.3. The first kappa shape index (κ1) is 30.0. The summed E-state index contributed by atoms with van der Waals surface area (Å²) in [4.78, 5) is 38.5. The molecule has 230 valence electrons. The summed E-state index contributed by atoms with van der Waals surface area (Å²) in [6, 6.07) is 8.26. The number of aryl methyl sites for hydroxylation is 2. The maximum absolute atomic E-state index is 14.2. The minimum atomic E-state index is -4.63. The number of nitrogens with zero attached hydrogens (tertiary/aromatic N) is 6. The molecule has 0 unspecified atom stereocenters. The Morgan fingerprint density at radius 1 is 1.09 bits per heavy atom. The van der Waals surface area contributed by atoms with Crippen LogP contribution in [0.5, 0.6) is 5.88 Å². The molecule has 1 aromatic carbocycles. The lowest BCUT2D eigenvalue weighted by atomic mass is 9.84. The molecule has 6 rings (SSSR count). The van der Waals surface area contributed by atoms with Gasteiger partial charge < -0.3 is 9.64 Å². The Morgan fingerprint density at radius 2 is 1.84 bits per heavy atom. The molecule has 0 saturated heterocycles. The van der Waals surface area contributed by atoms with Crippen molar-refractivity contribution in [1.82, 2.24) is 29.2 Å². The number of hydrogen-bond acceptors (Lipinski definition) is 6. The van der Waals surface area contributed by atoms with Crippen molar-refractivity contribution in [1.29, 1.82) is 0 Å². The lowest BCUT2D eigenvalue weighted by molar-refractivity contribution is -0.138. The average Bonchev–Trinajstić information content (AvgIpc) is 3.29. The van der Waals surface area contributed by atoms with Gasteiger partial charge in [0.2, 0.25) is 11.8 Å². The van der Waals surface area contributed by atoms with Crippen LogP contribution in [-0.2, 0) is 19.1 Å². The van der Waals surface area contributed by atoms with Crippen LogP contribution in [0, 0.1) is 19.8 Å². The Bertz CT molecular complexity index is 1810. The molecule has 3 aromatic heterocycles. The van der Waals surface area contributed by atoms with E-state index in [-0.39, 0.29) is 40.6 Å². The summed E-state index contributed by atoms with van der Waals surface area (Å²) in [5, 5.41) is 4.55. The summed E-state index contributed by atoms with van der Waals surface area (Å²) in [7, 11) is 0. The minimum Gasteiger partial charge on any atom is -0.474 e. The number of amides is 1. The molecule has 4 heterocycles. The highest BCUT2D eigenvalue weighted by molar-refractivity contribution is 9.10. The molecule has 1 fully saturated rings. The second kappa shape index (κ2) is 11.2. The van der Waals surface area contributed by atoms with E-state index in [0.29, 0.717) is 28.7 Å². The highest BCUT2D eigenvalue weighted by Gasteiger charge is 2.36. The van der Waals surface area contributed by atoms with Crippen molar-refractivity contribution in [2.75, 3.05) is 0 Å². The van der Waals surface area contributed by atoms with Crippen LogP contribution in [0.15, 0.2) is 51.9 Å². The highest BCUT2D eigenvalue weighted by atomic mass is 79.9. The number of carbonyl (C=O) groups excluding carboxylic acids is 1. The summed E-state index contributed by atoms with van der Waals surface area (Å²) in [5.74, 6) is 0.735. The number of fused-ring (bicyclic) bond motifs is 1. The molecule has 1 saturated carbocycles. The third kappa shape index (κ3) is 5.53. The van der Waals surface area contributed by atoms with Crippen LogP contribution < -0.4 is 10.3 Å². The number of rotatable bonds is 5. The van der Waals surface area contributed by atoms with Crippen LogP contribution in [0.3, 0.4) is 0 Å². The second-order valence-electron chi connectivity index (χ2n) is 11.7. The third-order valence-electron chi connectivity index (χ3n) is 8.17. The molecule has 4 aromatic rings. The van der Waals surface area contributed by atoms with Gasteiger partial charge in [-0.2, -0.15) is 18.3 Å². The Morgan fingerprint density at radius 3 is 2.45 bits per heavy atom. The fourth-order valence-electron chi connectivity index (χ4n) is 5.84. The topological polar surface area (TPSA) is 95.1 Å². The van der Waals surface area contributed by atoms with E-state index in [1.165, 1.54) is 21.6 Å². The van der Waals surface area contributed by atoms with Gasteiger partial charge in [0.05, 0.1) is 35.4 Å². The predicted octanol–water partition coefficient (Wildman–Crippen LogP) is 5.98. The Hall–Kier alpha value is -4.00. The van der Waals surface area contributed by atoms with E-state index in [4.69, 9.17) is 9.72 Å². The summed E-state index contributed by atoms with van der Waals surface area (Å²) in [6.07, 6.45) is -0.819. The van der Waals surface area contributed by atoms with Gasteiger partial charge in [-0.05, 0) is 76.3 Å². The molecule has 1 aliphatic carbocycles. The van der Waals surface area contributed by atoms with Crippen LogP contribution in [-0.4, -0.2) is 47.3 Å². The summed E-state index contributed by atoms with van der Waals surface area (Å²) < 4.78 is 49.5. The number of hydrogen-bond donors (Lipinski definition) is 0. The van der Waals surface area contributed by atoms with Crippen molar-refractivity contribution in [2.24, 2.45) is 5.92 Å². The van der Waals surface area contributed by atoms with E-state index >= 15 is 0 Å². The van der Waals surface area contributed by atoms with Crippen molar-refractivity contribution in [3.8, 4) is 17.5 Å². The Balaban J connectivity index is 1.39. The van der Waals surface area contributed by atoms with Gasteiger partial charge in [-0.15, -0.1) is 0 Å². The molecular weight excluding hydrogens is 641 g/mol. The van der Waals surface area contributed by atoms with E-state index in [2.05, 4.69) is 32.9 Å². The minimum absolute atomic E-state index is 0.0556. The zero-order valence-corrected chi connectivity index (χ0v) is 26.1. The highest BCUT2D eigenvalue weighted by Crippen LogP contribution is 2.36. The third-order valence-corrected chi connectivity index (χ3v) is 8.86. The fraction of sp³-hybridized carbons (Fsp3) is 0.387. The van der Waals surface area contributed by atoms with Gasteiger partial charge in [-0.1, -0.05) is 22.9 Å². The molecule has 1 atom stereocenters. The van der Waals surface area contributed by atoms with E-state index in [1.807, 2.05) is 19.9 Å². The maximum Gasteiger partial charge on any atom is 0.417 e. The van der Waals surface area contributed by atoms with Gasteiger partial charge in [-0.3, -0.25) is 9.59 Å². The van der Waals surface area contributed by atoms with Gasteiger partial charge in [0.25, 0.3) is 11.5 Å². The van der Waals surface area contributed by atoms with E-state index in [9.17, 15) is 22.8 Å². The van der Waals surface area contributed by atoms with Crippen LogP contribution in [0.1, 0.15) is 65.3 Å². The normalized spacial score (nSPS) is 19.8. The SMILES string of the molecule is Cc1cc(C)n(-c2nc3c(c(=O)n2-c2ccc(O[C@H]4C[C@H](C)C4)nc2)C[C@@H](C)N(C(=O)c2ccc(Br)c(C(F)(F)F)c2)C3)n1. The number of carbonyl (C=O) groups is 1. The largest absolute Gasteiger partial charge is 0.474 e. The monoisotopic (exact) mass is 670 g/mol. The molecule has 0 bridgehead atoms. The Kier molecular flexibility index (Phi) is 7.63. The molecular formula is C31H30BrF3N6O3. The number of alkyl halides is 3. The van der Waals surface area contributed by atoms with Crippen LogP contribution in [0.2, 0.25) is 0 Å². The quantitative estimate of drug-likeness (QED) is 0.260. The zero-order chi connectivity index (χ0) is 31.5. The molecule has 0 spiro atoms. The first-order chi connectivity index (χ1) is 20.8. The molecule has 0 radical (unpaired) electrons. The number of aromatic nitrogens is 5. The van der Waals surface area contributed by atoms with Crippen molar-refractivity contribution >= 4 is 21.8 Å². The molecule has 9 nitrogen and oxygen atoms in total. The zero-order valence-electron chi connectivity index (χ0n) is 24.5. The van der Waals surface area contributed by atoms with E-state index in [1.54, 1.807) is 29.9 Å². The van der Waals surface area contributed by atoms with E-state index < -0.39 is 23.7 Å². The van der Waals surface area contributed by atoms with Crippen LogP contribution >= 0.6 is 15.9 Å². The summed E-state index contributed by atoms with van der Waals surface area (Å²) in [5.41, 5.74) is 1.34. The molecule has 1 aliphatic heterocycles. The number of pyridine rings is 1. The predicted molar refractivity (Wildman–Crippen MR) is 159 cm³/mol. The molecule has 13 heteroatoms. The van der Waals surface area contributed by atoms with Gasteiger partial charge in [-0.25, -0.2) is 19.2 Å². The number of ether oxygens (including phenoxy) is 1. The van der Waals surface area contributed by atoms with Crippen LogP contribution in [0.25, 0.3) is 11.6 Å². The number of benzene rings is 1. The smallest absolute Gasteiger partial charge is 0.417 e. The lowest BCUT2D eigenvalue weighted by Crippen LogP contribution is -2.46. The van der Waals surface area contributed by atoms with Gasteiger partial charge in [0.15, 0.2) is 0 Å². The molecule has 1 amide bonds. The Labute approximate surface area is 259 Å².